The largest absolute Gasteiger partial charge is 0.454 e. The van der Waals surface area contributed by atoms with E-state index in [0.29, 0.717) is 12.0 Å². The second kappa shape index (κ2) is 3.34. The highest BCUT2D eigenvalue weighted by atomic mass is 16.6. The van der Waals surface area contributed by atoms with Gasteiger partial charge in [0.25, 0.3) is 0 Å². The SMILES string of the molecule is CC1=CC2OC(=O)C3=CC(=O)CC(C)(C)C32CC1. The average Bonchev–Trinajstić information content (AvgIpc) is 2.51. The normalized spacial score (nSPS) is 37.4. The van der Waals surface area contributed by atoms with Crippen LogP contribution in [0.4, 0.5) is 0 Å². The standard InChI is InChI=1S/C15H18O3/c1-9-4-5-15-11(13(17)18-12(15)6-9)7-10(16)8-14(15,2)3/h6-7,12H,4-5,8H2,1-3H3. The molecule has 3 rings (SSSR count). The molecular weight excluding hydrogens is 228 g/mol. The molecule has 0 amide bonds. The fourth-order valence-corrected chi connectivity index (χ4v) is 3.89. The van der Waals surface area contributed by atoms with Crippen molar-refractivity contribution < 1.29 is 14.3 Å². The second-order valence-electron chi connectivity index (χ2n) is 6.40. The van der Waals surface area contributed by atoms with Crippen molar-refractivity contribution in [3.05, 3.63) is 23.3 Å². The van der Waals surface area contributed by atoms with Crippen molar-refractivity contribution in [1.29, 1.82) is 0 Å². The summed E-state index contributed by atoms with van der Waals surface area (Å²) in [6.07, 6.45) is 5.78. The van der Waals surface area contributed by atoms with E-state index in [-0.39, 0.29) is 28.7 Å². The average molecular weight is 246 g/mol. The van der Waals surface area contributed by atoms with E-state index in [1.54, 1.807) is 0 Å². The number of carbonyl (C=O) groups is 2. The minimum absolute atomic E-state index is 0.0458. The molecule has 3 aliphatic rings. The molecule has 0 aromatic heterocycles. The van der Waals surface area contributed by atoms with E-state index < -0.39 is 0 Å². The van der Waals surface area contributed by atoms with Crippen LogP contribution in [0.3, 0.4) is 0 Å². The maximum Gasteiger partial charge on any atom is 0.335 e. The molecule has 0 aromatic rings. The molecule has 1 heterocycles. The summed E-state index contributed by atoms with van der Waals surface area (Å²) in [6, 6.07) is 0. The van der Waals surface area contributed by atoms with Gasteiger partial charge in [-0.2, -0.15) is 0 Å². The Bertz CT molecular complexity index is 510. The van der Waals surface area contributed by atoms with Crippen LogP contribution in [0, 0.1) is 10.8 Å². The molecule has 0 bridgehead atoms. The fraction of sp³-hybridized carbons (Fsp3) is 0.600. The van der Waals surface area contributed by atoms with Crippen LogP contribution in [0.15, 0.2) is 23.3 Å². The third-order valence-electron chi connectivity index (χ3n) is 4.90. The first-order valence-electron chi connectivity index (χ1n) is 6.50. The topological polar surface area (TPSA) is 43.4 Å². The zero-order valence-corrected chi connectivity index (χ0v) is 11.1. The van der Waals surface area contributed by atoms with Crippen molar-refractivity contribution in [3.8, 4) is 0 Å². The molecule has 0 aromatic carbocycles. The molecule has 0 N–H and O–H groups in total. The molecule has 1 fully saturated rings. The summed E-state index contributed by atoms with van der Waals surface area (Å²) >= 11 is 0. The monoisotopic (exact) mass is 246 g/mol. The number of hydrogen-bond donors (Lipinski definition) is 0. The van der Waals surface area contributed by atoms with Crippen molar-refractivity contribution in [2.75, 3.05) is 0 Å². The fourth-order valence-electron chi connectivity index (χ4n) is 3.89. The zero-order valence-electron chi connectivity index (χ0n) is 11.1. The molecule has 1 spiro atoms. The highest BCUT2D eigenvalue weighted by Gasteiger charge is 2.63. The van der Waals surface area contributed by atoms with Gasteiger partial charge in [0.1, 0.15) is 6.10 Å². The van der Waals surface area contributed by atoms with Gasteiger partial charge in [0.05, 0.1) is 5.57 Å². The molecular formula is C15H18O3. The first-order valence-corrected chi connectivity index (χ1v) is 6.50. The van der Waals surface area contributed by atoms with Crippen LogP contribution >= 0.6 is 0 Å². The molecule has 3 nitrogen and oxygen atoms in total. The number of allylic oxidation sites excluding steroid dienone is 2. The van der Waals surface area contributed by atoms with Crippen molar-refractivity contribution >= 4 is 11.8 Å². The third-order valence-corrected chi connectivity index (χ3v) is 4.90. The maximum atomic E-state index is 12.0. The number of ketones is 1. The van der Waals surface area contributed by atoms with E-state index in [9.17, 15) is 9.59 Å². The molecule has 1 aliphatic heterocycles. The van der Waals surface area contributed by atoms with Crippen molar-refractivity contribution in [3.63, 3.8) is 0 Å². The van der Waals surface area contributed by atoms with Crippen molar-refractivity contribution in [1.82, 2.24) is 0 Å². The molecule has 96 valence electrons. The molecule has 0 radical (unpaired) electrons. The van der Waals surface area contributed by atoms with Crippen LogP contribution in [0.2, 0.25) is 0 Å². The number of rotatable bonds is 0. The predicted molar refractivity (Wildman–Crippen MR) is 66.8 cm³/mol. The Labute approximate surface area is 107 Å². The summed E-state index contributed by atoms with van der Waals surface area (Å²) in [5, 5.41) is 0. The van der Waals surface area contributed by atoms with Crippen LogP contribution in [-0.2, 0) is 14.3 Å². The number of hydrogen-bond acceptors (Lipinski definition) is 3. The van der Waals surface area contributed by atoms with E-state index in [2.05, 4.69) is 26.8 Å². The summed E-state index contributed by atoms with van der Waals surface area (Å²) in [5.41, 5.74) is 1.37. The Balaban J connectivity index is 2.22. The van der Waals surface area contributed by atoms with Gasteiger partial charge >= 0.3 is 5.97 Å². The van der Waals surface area contributed by atoms with Crippen LogP contribution in [0.25, 0.3) is 0 Å². The molecule has 0 saturated carbocycles. The summed E-state index contributed by atoms with van der Waals surface area (Å²) in [7, 11) is 0. The van der Waals surface area contributed by atoms with Gasteiger partial charge in [-0.25, -0.2) is 4.79 Å². The smallest absolute Gasteiger partial charge is 0.335 e. The molecule has 2 aliphatic carbocycles. The predicted octanol–water partition coefficient (Wildman–Crippen LogP) is 2.56. The summed E-state index contributed by atoms with van der Waals surface area (Å²) in [6.45, 7) is 6.24. The molecule has 2 unspecified atom stereocenters. The van der Waals surface area contributed by atoms with Gasteiger partial charge in [0.15, 0.2) is 5.78 Å². The Morgan fingerprint density at radius 1 is 1.33 bits per heavy atom. The van der Waals surface area contributed by atoms with Gasteiger partial charge in [0, 0.05) is 11.8 Å². The highest BCUT2D eigenvalue weighted by molar-refractivity contribution is 6.04. The highest BCUT2D eigenvalue weighted by Crippen LogP contribution is 2.61. The lowest BCUT2D eigenvalue weighted by Gasteiger charge is -2.49. The number of carbonyl (C=O) groups excluding carboxylic acids is 2. The lowest BCUT2D eigenvalue weighted by Crippen LogP contribution is -2.49. The van der Waals surface area contributed by atoms with Crippen LogP contribution < -0.4 is 0 Å². The second-order valence-corrected chi connectivity index (χ2v) is 6.40. The van der Waals surface area contributed by atoms with Gasteiger partial charge in [-0.05, 0) is 37.3 Å². The molecule has 3 heteroatoms. The Kier molecular flexibility index (Phi) is 2.17. The van der Waals surface area contributed by atoms with Crippen molar-refractivity contribution in [2.45, 2.75) is 46.1 Å². The van der Waals surface area contributed by atoms with E-state index in [0.717, 1.165) is 12.8 Å². The Hall–Kier alpha value is -1.38. The van der Waals surface area contributed by atoms with Gasteiger partial charge in [-0.1, -0.05) is 19.4 Å². The summed E-state index contributed by atoms with van der Waals surface area (Å²) in [4.78, 5) is 23.8. The first kappa shape index (κ1) is 11.7. The van der Waals surface area contributed by atoms with Gasteiger partial charge in [-0.3, -0.25) is 4.79 Å². The van der Waals surface area contributed by atoms with Crippen LogP contribution in [0.5, 0.6) is 0 Å². The molecule has 18 heavy (non-hydrogen) atoms. The Morgan fingerprint density at radius 2 is 2.06 bits per heavy atom. The minimum Gasteiger partial charge on any atom is -0.454 e. The lowest BCUT2D eigenvalue weighted by atomic mass is 9.52. The van der Waals surface area contributed by atoms with Crippen LogP contribution in [0.1, 0.15) is 40.0 Å². The lowest BCUT2D eigenvalue weighted by molar-refractivity contribution is -0.138. The molecule has 2 atom stereocenters. The van der Waals surface area contributed by atoms with E-state index in [1.165, 1.54) is 11.6 Å². The first-order chi connectivity index (χ1) is 8.37. The van der Waals surface area contributed by atoms with Crippen molar-refractivity contribution in [2.24, 2.45) is 10.8 Å². The molecule has 1 saturated heterocycles. The van der Waals surface area contributed by atoms with E-state index >= 15 is 0 Å². The zero-order chi connectivity index (χ0) is 13.1. The van der Waals surface area contributed by atoms with E-state index in [4.69, 9.17) is 4.74 Å². The van der Waals surface area contributed by atoms with Gasteiger partial charge in [0.2, 0.25) is 0 Å². The summed E-state index contributed by atoms with van der Waals surface area (Å²) in [5.74, 6) is -0.253. The van der Waals surface area contributed by atoms with Crippen LogP contribution in [-0.4, -0.2) is 17.9 Å². The van der Waals surface area contributed by atoms with E-state index in [1.807, 2.05) is 0 Å². The number of ether oxygens (including phenoxy) is 1. The number of esters is 1. The minimum atomic E-state index is -0.299. The summed E-state index contributed by atoms with van der Waals surface area (Å²) < 4.78 is 5.52. The Morgan fingerprint density at radius 3 is 2.78 bits per heavy atom. The maximum absolute atomic E-state index is 12.0. The van der Waals surface area contributed by atoms with Gasteiger partial charge < -0.3 is 4.74 Å². The third kappa shape index (κ3) is 1.25. The van der Waals surface area contributed by atoms with Gasteiger partial charge in [-0.15, -0.1) is 0 Å². The quantitative estimate of drug-likeness (QED) is 0.487.